The van der Waals surface area contributed by atoms with Gasteiger partial charge in [-0.1, -0.05) is 6.07 Å². The van der Waals surface area contributed by atoms with Gasteiger partial charge < -0.3 is 5.73 Å². The predicted octanol–water partition coefficient (Wildman–Crippen LogP) is 2.10. The van der Waals surface area contributed by atoms with E-state index >= 15 is 0 Å². The Bertz CT molecular complexity index is 556. The number of aromatic nitrogens is 1. The summed E-state index contributed by atoms with van der Waals surface area (Å²) < 4.78 is 0. The fraction of sp³-hybridized carbons (Fsp3) is 0.231. The summed E-state index contributed by atoms with van der Waals surface area (Å²) in [5.74, 6) is 0.647. The molecule has 1 aromatic heterocycles. The molecule has 0 atom stereocenters. The third-order valence-electron chi connectivity index (χ3n) is 2.77. The summed E-state index contributed by atoms with van der Waals surface area (Å²) in [6.45, 7) is 0. The number of rotatable bonds is 2. The standard InChI is InChI=1S/C13H13N3/c14-13(16-11-4-5-11)10-3-6-12-9(8-10)2-1-7-15-12/h1-3,6-8,11H,4-5H2,(H2,14,16). The Morgan fingerprint density at radius 3 is 3.00 bits per heavy atom. The second kappa shape index (κ2) is 3.59. The van der Waals surface area contributed by atoms with Gasteiger partial charge in [0, 0.05) is 17.1 Å². The van der Waals surface area contributed by atoms with Crippen molar-refractivity contribution in [2.24, 2.45) is 10.7 Å². The molecule has 1 saturated carbocycles. The molecule has 1 aliphatic rings. The van der Waals surface area contributed by atoms with Crippen LogP contribution in [0.25, 0.3) is 10.9 Å². The number of pyridine rings is 1. The quantitative estimate of drug-likeness (QED) is 0.611. The first-order chi connectivity index (χ1) is 7.83. The van der Waals surface area contributed by atoms with Crippen molar-refractivity contribution < 1.29 is 0 Å². The monoisotopic (exact) mass is 211 g/mol. The van der Waals surface area contributed by atoms with Gasteiger partial charge in [-0.15, -0.1) is 0 Å². The highest BCUT2D eigenvalue weighted by Crippen LogP contribution is 2.24. The molecule has 80 valence electrons. The molecule has 3 nitrogen and oxygen atoms in total. The van der Waals surface area contributed by atoms with Crippen LogP contribution in [0.5, 0.6) is 0 Å². The van der Waals surface area contributed by atoms with Crippen molar-refractivity contribution in [1.29, 1.82) is 0 Å². The lowest BCUT2D eigenvalue weighted by molar-refractivity contribution is 1.06. The minimum atomic E-state index is 0.463. The molecule has 1 fully saturated rings. The maximum Gasteiger partial charge on any atom is 0.125 e. The van der Waals surface area contributed by atoms with E-state index < -0.39 is 0 Å². The van der Waals surface area contributed by atoms with Crippen LogP contribution in [0.4, 0.5) is 0 Å². The highest BCUT2D eigenvalue weighted by atomic mass is 14.9. The zero-order valence-electron chi connectivity index (χ0n) is 8.93. The number of hydrogen-bond donors (Lipinski definition) is 1. The number of fused-ring (bicyclic) bond motifs is 1. The average Bonchev–Trinajstić information content (AvgIpc) is 3.12. The van der Waals surface area contributed by atoms with Gasteiger partial charge in [-0.3, -0.25) is 9.98 Å². The molecule has 0 aliphatic heterocycles. The lowest BCUT2D eigenvalue weighted by Gasteiger charge is -2.02. The Balaban J connectivity index is 2.03. The van der Waals surface area contributed by atoms with Gasteiger partial charge in [0.15, 0.2) is 0 Å². The van der Waals surface area contributed by atoms with Crippen LogP contribution in [-0.2, 0) is 0 Å². The van der Waals surface area contributed by atoms with E-state index in [0.29, 0.717) is 11.9 Å². The number of amidine groups is 1. The average molecular weight is 211 g/mol. The van der Waals surface area contributed by atoms with Gasteiger partial charge in [-0.25, -0.2) is 0 Å². The molecule has 0 amide bonds. The van der Waals surface area contributed by atoms with Crippen LogP contribution in [0.2, 0.25) is 0 Å². The molecule has 0 spiro atoms. The normalized spacial score (nSPS) is 16.6. The molecule has 1 aromatic carbocycles. The highest BCUT2D eigenvalue weighted by molar-refractivity contribution is 6.00. The van der Waals surface area contributed by atoms with Gasteiger partial charge >= 0.3 is 0 Å². The van der Waals surface area contributed by atoms with Crippen molar-refractivity contribution in [2.75, 3.05) is 0 Å². The maximum atomic E-state index is 5.96. The Kier molecular flexibility index (Phi) is 2.10. The van der Waals surface area contributed by atoms with E-state index in [9.17, 15) is 0 Å². The number of nitrogens with two attached hydrogens (primary N) is 1. The summed E-state index contributed by atoms with van der Waals surface area (Å²) in [4.78, 5) is 8.71. The predicted molar refractivity (Wildman–Crippen MR) is 65.5 cm³/mol. The van der Waals surface area contributed by atoms with Gasteiger partial charge in [0.25, 0.3) is 0 Å². The van der Waals surface area contributed by atoms with E-state index in [4.69, 9.17) is 5.73 Å². The zero-order valence-corrected chi connectivity index (χ0v) is 8.93. The summed E-state index contributed by atoms with van der Waals surface area (Å²) in [7, 11) is 0. The van der Waals surface area contributed by atoms with Crippen molar-refractivity contribution in [3.05, 3.63) is 42.1 Å². The number of hydrogen-bond acceptors (Lipinski definition) is 2. The second-order valence-corrected chi connectivity index (χ2v) is 4.16. The lowest BCUT2D eigenvalue weighted by atomic mass is 10.1. The van der Waals surface area contributed by atoms with Crippen molar-refractivity contribution in [2.45, 2.75) is 18.9 Å². The molecule has 1 heterocycles. The van der Waals surface area contributed by atoms with Crippen molar-refractivity contribution in [3.8, 4) is 0 Å². The Labute approximate surface area is 94.0 Å². The number of aliphatic imine (C=N–C) groups is 1. The molecule has 16 heavy (non-hydrogen) atoms. The molecule has 2 N–H and O–H groups in total. The van der Waals surface area contributed by atoms with Gasteiger partial charge in [-0.05, 0) is 37.1 Å². The van der Waals surface area contributed by atoms with Crippen LogP contribution in [0.1, 0.15) is 18.4 Å². The minimum absolute atomic E-state index is 0.463. The highest BCUT2D eigenvalue weighted by Gasteiger charge is 2.20. The number of benzene rings is 1. The van der Waals surface area contributed by atoms with E-state index in [2.05, 4.69) is 9.98 Å². The summed E-state index contributed by atoms with van der Waals surface area (Å²) in [5, 5.41) is 1.11. The van der Waals surface area contributed by atoms with Gasteiger partial charge in [-0.2, -0.15) is 0 Å². The van der Waals surface area contributed by atoms with Crippen molar-refractivity contribution in [1.82, 2.24) is 4.98 Å². The molecule has 0 unspecified atom stereocenters. The lowest BCUT2D eigenvalue weighted by Crippen LogP contribution is -2.14. The van der Waals surface area contributed by atoms with E-state index in [1.54, 1.807) is 6.20 Å². The van der Waals surface area contributed by atoms with E-state index in [1.807, 2.05) is 30.3 Å². The molecule has 0 radical (unpaired) electrons. The smallest absolute Gasteiger partial charge is 0.125 e. The van der Waals surface area contributed by atoms with Crippen molar-refractivity contribution in [3.63, 3.8) is 0 Å². The summed E-state index contributed by atoms with van der Waals surface area (Å²) in [5.41, 5.74) is 7.94. The van der Waals surface area contributed by atoms with Crippen LogP contribution < -0.4 is 5.73 Å². The first-order valence-electron chi connectivity index (χ1n) is 5.51. The Morgan fingerprint density at radius 1 is 1.31 bits per heavy atom. The molecular formula is C13H13N3. The van der Waals surface area contributed by atoms with Crippen molar-refractivity contribution >= 4 is 16.7 Å². The summed E-state index contributed by atoms with van der Waals surface area (Å²) in [6, 6.07) is 10.4. The molecule has 3 heteroatoms. The van der Waals surface area contributed by atoms with E-state index in [-0.39, 0.29) is 0 Å². The Morgan fingerprint density at radius 2 is 2.19 bits per heavy atom. The molecule has 1 aliphatic carbocycles. The van der Waals surface area contributed by atoms with Crippen LogP contribution >= 0.6 is 0 Å². The van der Waals surface area contributed by atoms with Gasteiger partial charge in [0.05, 0.1) is 11.6 Å². The van der Waals surface area contributed by atoms with Gasteiger partial charge in [0.2, 0.25) is 0 Å². The largest absolute Gasteiger partial charge is 0.383 e. The summed E-state index contributed by atoms with van der Waals surface area (Å²) >= 11 is 0. The first-order valence-corrected chi connectivity index (χ1v) is 5.51. The number of nitrogens with zero attached hydrogens (tertiary/aromatic N) is 2. The van der Waals surface area contributed by atoms with Crippen LogP contribution in [-0.4, -0.2) is 16.9 Å². The summed E-state index contributed by atoms with van der Waals surface area (Å²) in [6.07, 6.45) is 4.15. The van der Waals surface area contributed by atoms with Crippen LogP contribution in [0, 0.1) is 0 Å². The van der Waals surface area contributed by atoms with E-state index in [1.165, 1.54) is 12.8 Å². The SMILES string of the molecule is NC(=NC1CC1)c1ccc2ncccc2c1. The molecular weight excluding hydrogens is 198 g/mol. The zero-order chi connectivity index (χ0) is 11.0. The van der Waals surface area contributed by atoms with Gasteiger partial charge in [0.1, 0.15) is 5.84 Å². The first kappa shape index (κ1) is 9.33. The minimum Gasteiger partial charge on any atom is -0.383 e. The van der Waals surface area contributed by atoms with Crippen LogP contribution in [0.15, 0.2) is 41.5 Å². The Hall–Kier alpha value is -1.90. The molecule has 2 aromatic rings. The topological polar surface area (TPSA) is 51.3 Å². The molecule has 0 bridgehead atoms. The second-order valence-electron chi connectivity index (χ2n) is 4.16. The molecule has 3 rings (SSSR count). The third kappa shape index (κ3) is 1.76. The maximum absolute atomic E-state index is 5.96. The fourth-order valence-electron chi connectivity index (χ4n) is 1.71. The third-order valence-corrected chi connectivity index (χ3v) is 2.77. The fourth-order valence-corrected chi connectivity index (χ4v) is 1.71. The van der Waals surface area contributed by atoms with E-state index in [0.717, 1.165) is 16.5 Å². The molecule has 0 saturated heterocycles. The van der Waals surface area contributed by atoms with Crippen LogP contribution in [0.3, 0.4) is 0 Å².